The number of nitrogens with one attached hydrogen (secondary N) is 2. The molecular formula is C20H14F2N4O4S. The number of halogens is 2. The van der Waals surface area contributed by atoms with Crippen molar-refractivity contribution in [3.05, 3.63) is 77.9 Å². The number of pyridine rings is 2. The van der Waals surface area contributed by atoms with Crippen molar-refractivity contribution in [2.75, 3.05) is 11.8 Å². The first-order valence-electron chi connectivity index (χ1n) is 8.79. The Morgan fingerprint density at radius 3 is 2.68 bits per heavy atom. The first kappa shape index (κ1) is 20.4. The lowest BCUT2D eigenvalue weighted by molar-refractivity contribution is 0.103. The van der Waals surface area contributed by atoms with E-state index in [1.54, 1.807) is 0 Å². The van der Waals surface area contributed by atoms with Crippen LogP contribution in [0.2, 0.25) is 0 Å². The summed E-state index contributed by atoms with van der Waals surface area (Å²) in [6.45, 7) is 0. The fraction of sp³-hybridized carbons (Fsp3) is 0.0500. The third-order valence-corrected chi connectivity index (χ3v) is 5.86. The number of benzene rings is 1. The molecule has 4 rings (SSSR count). The number of aromatic nitrogens is 3. The zero-order valence-electron chi connectivity index (χ0n) is 15.9. The Balaban J connectivity index is 1.80. The van der Waals surface area contributed by atoms with Gasteiger partial charge >= 0.3 is 0 Å². The molecule has 0 unspecified atom stereocenters. The quantitative estimate of drug-likeness (QED) is 0.441. The molecule has 0 radical (unpaired) electrons. The highest BCUT2D eigenvalue weighted by Gasteiger charge is 2.27. The Bertz CT molecular complexity index is 1410. The minimum absolute atomic E-state index is 0.0787. The van der Waals surface area contributed by atoms with E-state index in [4.69, 9.17) is 4.74 Å². The van der Waals surface area contributed by atoms with Crippen molar-refractivity contribution in [3.63, 3.8) is 0 Å². The number of hydrogen-bond donors (Lipinski definition) is 2. The van der Waals surface area contributed by atoms with Gasteiger partial charge in [0.25, 0.3) is 10.0 Å². The van der Waals surface area contributed by atoms with E-state index in [9.17, 15) is 17.6 Å². The molecule has 0 saturated carbocycles. The van der Waals surface area contributed by atoms with Crippen molar-refractivity contribution in [2.24, 2.45) is 0 Å². The van der Waals surface area contributed by atoms with Gasteiger partial charge in [0.2, 0.25) is 5.78 Å². The van der Waals surface area contributed by atoms with E-state index in [2.05, 4.69) is 15.0 Å². The van der Waals surface area contributed by atoms with Crippen LogP contribution in [-0.4, -0.2) is 36.3 Å². The van der Waals surface area contributed by atoms with Crippen molar-refractivity contribution >= 4 is 32.5 Å². The topological polar surface area (TPSA) is 114 Å². The molecule has 0 aliphatic carbocycles. The number of aromatic amines is 1. The highest BCUT2D eigenvalue weighted by Crippen LogP contribution is 2.31. The smallest absolute Gasteiger partial charge is 0.263 e. The number of carbonyl (C=O) groups is 1. The molecule has 158 valence electrons. The van der Waals surface area contributed by atoms with Crippen LogP contribution in [0.5, 0.6) is 5.75 Å². The molecule has 0 aliphatic rings. The average molecular weight is 444 g/mol. The van der Waals surface area contributed by atoms with E-state index < -0.39 is 38.7 Å². The molecule has 4 aromatic rings. The molecule has 8 nitrogen and oxygen atoms in total. The lowest BCUT2D eigenvalue weighted by Gasteiger charge is -2.12. The molecule has 0 bridgehead atoms. The number of H-pyrrole nitrogens is 1. The van der Waals surface area contributed by atoms with E-state index in [-0.39, 0.29) is 27.2 Å². The highest BCUT2D eigenvalue weighted by molar-refractivity contribution is 7.92. The van der Waals surface area contributed by atoms with E-state index >= 15 is 4.39 Å². The second kappa shape index (κ2) is 7.76. The maximum absolute atomic E-state index is 15.1. The summed E-state index contributed by atoms with van der Waals surface area (Å²) < 4.78 is 61.8. The van der Waals surface area contributed by atoms with E-state index in [1.165, 1.54) is 43.9 Å². The number of rotatable bonds is 6. The van der Waals surface area contributed by atoms with Gasteiger partial charge in [0, 0.05) is 24.8 Å². The molecule has 0 atom stereocenters. The molecule has 1 aromatic carbocycles. The molecular weight excluding hydrogens is 430 g/mol. The number of fused-ring (bicyclic) bond motifs is 1. The summed E-state index contributed by atoms with van der Waals surface area (Å²) in [5, 5.41) is 0.246. The molecule has 31 heavy (non-hydrogen) atoms. The van der Waals surface area contributed by atoms with E-state index in [0.717, 1.165) is 18.3 Å². The number of ether oxygens (including phenoxy) is 1. The number of nitrogens with zero attached hydrogens (tertiary/aromatic N) is 2. The third-order valence-electron chi connectivity index (χ3n) is 4.51. The monoisotopic (exact) mass is 444 g/mol. The van der Waals surface area contributed by atoms with Crippen molar-refractivity contribution in [3.8, 4) is 5.75 Å². The lowest BCUT2D eigenvalue weighted by Crippen LogP contribution is -2.16. The number of methoxy groups -OCH3 is 1. The lowest BCUT2D eigenvalue weighted by atomic mass is 10.0. The largest absolute Gasteiger partial charge is 0.496 e. The van der Waals surface area contributed by atoms with Gasteiger partial charge in [-0.2, -0.15) is 0 Å². The molecule has 0 fully saturated rings. The van der Waals surface area contributed by atoms with Gasteiger partial charge < -0.3 is 9.72 Å². The number of sulfonamides is 1. The van der Waals surface area contributed by atoms with Crippen molar-refractivity contribution in [1.82, 2.24) is 15.0 Å². The van der Waals surface area contributed by atoms with Gasteiger partial charge in [-0.25, -0.2) is 22.2 Å². The SMILES string of the molecule is COc1ccnc2[nH]cc(C(=O)c3c(F)ccc(NS(=O)(=O)c4cccnc4)c3F)c12. The first-order valence-corrected chi connectivity index (χ1v) is 10.3. The van der Waals surface area contributed by atoms with Crippen LogP contribution in [0, 0.1) is 11.6 Å². The number of hydrogen-bond acceptors (Lipinski definition) is 6. The van der Waals surface area contributed by atoms with Crippen LogP contribution < -0.4 is 9.46 Å². The maximum Gasteiger partial charge on any atom is 0.263 e. The van der Waals surface area contributed by atoms with Gasteiger partial charge in [-0.1, -0.05) is 0 Å². The molecule has 0 saturated heterocycles. The molecule has 0 amide bonds. The summed E-state index contributed by atoms with van der Waals surface area (Å²) in [7, 11) is -2.83. The summed E-state index contributed by atoms with van der Waals surface area (Å²) in [5.74, 6) is -3.22. The normalized spacial score (nSPS) is 11.5. The Morgan fingerprint density at radius 1 is 1.16 bits per heavy atom. The van der Waals surface area contributed by atoms with Gasteiger partial charge in [-0.05, 0) is 30.3 Å². The highest BCUT2D eigenvalue weighted by atomic mass is 32.2. The molecule has 3 aromatic heterocycles. The minimum atomic E-state index is -4.21. The molecule has 0 aliphatic heterocycles. The maximum atomic E-state index is 15.1. The zero-order chi connectivity index (χ0) is 22.2. The minimum Gasteiger partial charge on any atom is -0.496 e. The van der Waals surface area contributed by atoms with Gasteiger partial charge in [0.05, 0.1) is 29.3 Å². The van der Waals surface area contributed by atoms with Gasteiger partial charge in [0.15, 0.2) is 5.82 Å². The summed E-state index contributed by atoms with van der Waals surface area (Å²) in [4.78, 5) is 23.3. The Labute approximate surface area is 175 Å². The van der Waals surface area contributed by atoms with E-state index in [0.29, 0.717) is 0 Å². The number of carbonyl (C=O) groups excluding carboxylic acids is 1. The molecule has 0 spiro atoms. The van der Waals surface area contributed by atoms with Crippen LogP contribution >= 0.6 is 0 Å². The van der Waals surface area contributed by atoms with Crippen LogP contribution in [0.3, 0.4) is 0 Å². The van der Waals surface area contributed by atoms with Crippen LogP contribution in [0.1, 0.15) is 15.9 Å². The summed E-state index contributed by atoms with van der Waals surface area (Å²) in [6.07, 6.45) is 5.15. The molecule has 3 heterocycles. The summed E-state index contributed by atoms with van der Waals surface area (Å²) in [5.41, 5.74) is -1.29. The van der Waals surface area contributed by atoms with Crippen LogP contribution in [0.15, 0.2) is 60.0 Å². The number of ketones is 1. The predicted octanol–water partition coefficient (Wildman–Crippen LogP) is 3.28. The fourth-order valence-corrected chi connectivity index (χ4v) is 4.08. The molecule has 11 heteroatoms. The fourth-order valence-electron chi connectivity index (χ4n) is 3.06. The van der Waals surface area contributed by atoms with Crippen molar-refractivity contribution < 1.29 is 26.7 Å². The Kier molecular flexibility index (Phi) is 5.11. The standard InChI is InChI=1S/C20H14F2N4O4S/c1-30-15-6-8-24-20-16(15)12(10-25-20)19(27)17-13(21)4-5-14(18(17)22)26-31(28,29)11-3-2-7-23-9-11/h2-10,26H,1H3,(H,24,25). The first-order chi connectivity index (χ1) is 14.8. The van der Waals surface area contributed by atoms with Crippen LogP contribution in [-0.2, 0) is 10.0 Å². The average Bonchev–Trinajstić information content (AvgIpc) is 3.21. The van der Waals surface area contributed by atoms with Crippen LogP contribution in [0.25, 0.3) is 11.0 Å². The van der Waals surface area contributed by atoms with Crippen molar-refractivity contribution in [2.45, 2.75) is 4.90 Å². The predicted molar refractivity (Wildman–Crippen MR) is 107 cm³/mol. The van der Waals surface area contributed by atoms with Crippen LogP contribution in [0.4, 0.5) is 14.5 Å². The Morgan fingerprint density at radius 2 is 1.97 bits per heavy atom. The summed E-state index contributed by atoms with van der Waals surface area (Å²) >= 11 is 0. The van der Waals surface area contributed by atoms with Gasteiger partial charge in [-0.15, -0.1) is 0 Å². The van der Waals surface area contributed by atoms with Crippen molar-refractivity contribution in [1.29, 1.82) is 0 Å². The second-order valence-corrected chi connectivity index (χ2v) is 8.03. The van der Waals surface area contributed by atoms with Gasteiger partial charge in [0.1, 0.15) is 22.1 Å². The number of anilines is 1. The second-order valence-electron chi connectivity index (χ2n) is 6.35. The zero-order valence-corrected chi connectivity index (χ0v) is 16.7. The van der Waals surface area contributed by atoms with Gasteiger partial charge in [-0.3, -0.25) is 14.5 Å². The summed E-state index contributed by atoms with van der Waals surface area (Å²) in [6, 6.07) is 5.85. The van der Waals surface area contributed by atoms with E-state index in [1.807, 2.05) is 4.72 Å². The molecule has 2 N–H and O–H groups in total. The third kappa shape index (κ3) is 3.59. The Hall–Kier alpha value is -3.86.